The molecule has 0 aliphatic carbocycles. The van der Waals surface area contributed by atoms with Crippen molar-refractivity contribution in [3.8, 4) is 0 Å². The minimum atomic E-state index is -0.626. The molecule has 0 atom stereocenters. The summed E-state index contributed by atoms with van der Waals surface area (Å²) in [6.45, 7) is 1.10. The Kier molecular flexibility index (Phi) is 6.94. The summed E-state index contributed by atoms with van der Waals surface area (Å²) in [4.78, 5) is 37.8. The first kappa shape index (κ1) is 21.6. The van der Waals surface area contributed by atoms with Crippen molar-refractivity contribution in [2.45, 2.75) is 19.3 Å². The molecule has 2 amide bonds. The number of likely N-dealkylation sites (tertiary alicyclic amines) is 1. The monoisotopic (exact) mass is 475 g/mol. The first-order chi connectivity index (χ1) is 14.4. The van der Waals surface area contributed by atoms with Gasteiger partial charge in [0.1, 0.15) is 11.5 Å². The van der Waals surface area contributed by atoms with Crippen LogP contribution in [0.2, 0.25) is 0 Å². The molecule has 0 unspecified atom stereocenters. The summed E-state index contributed by atoms with van der Waals surface area (Å²) in [5.74, 6) is -1.59. The highest BCUT2D eigenvalue weighted by molar-refractivity contribution is 9.15. The minimum absolute atomic E-state index is 0.0784. The summed E-state index contributed by atoms with van der Waals surface area (Å²) in [6.07, 6.45) is 2.73. The summed E-state index contributed by atoms with van der Waals surface area (Å²) in [7, 11) is 0. The van der Waals surface area contributed by atoms with Crippen molar-refractivity contribution < 1.29 is 18.9 Å². The van der Waals surface area contributed by atoms with Gasteiger partial charge in [-0.05, 0) is 53.4 Å². The van der Waals surface area contributed by atoms with Gasteiger partial charge in [-0.1, -0.05) is 18.2 Å². The van der Waals surface area contributed by atoms with Crippen molar-refractivity contribution in [1.82, 2.24) is 10.2 Å². The molecular formula is C21H19BrFN3O4. The number of nitro groups is 1. The molecule has 0 spiro atoms. The molecule has 1 saturated heterocycles. The molecule has 1 N–H and O–H groups in total. The highest BCUT2D eigenvalue weighted by atomic mass is 79.9. The van der Waals surface area contributed by atoms with Crippen LogP contribution >= 0.6 is 15.9 Å². The highest BCUT2D eigenvalue weighted by Crippen LogP contribution is 2.28. The van der Waals surface area contributed by atoms with E-state index in [9.17, 15) is 24.1 Å². The summed E-state index contributed by atoms with van der Waals surface area (Å²) in [5.41, 5.74) is 0.0461. The maximum absolute atomic E-state index is 14.3. The maximum Gasteiger partial charge on any atom is 0.271 e. The van der Waals surface area contributed by atoms with E-state index in [4.69, 9.17) is 0 Å². The number of hydrogen-bond acceptors (Lipinski definition) is 4. The third kappa shape index (κ3) is 4.91. The number of hydrogen-bond donors (Lipinski definition) is 1. The predicted octanol–water partition coefficient (Wildman–Crippen LogP) is 4.24. The molecule has 9 heteroatoms. The van der Waals surface area contributed by atoms with E-state index in [0.29, 0.717) is 13.1 Å². The van der Waals surface area contributed by atoms with E-state index in [-0.39, 0.29) is 27.0 Å². The summed E-state index contributed by atoms with van der Waals surface area (Å²) in [5, 5.41) is 13.4. The topological polar surface area (TPSA) is 92.6 Å². The maximum atomic E-state index is 14.3. The molecular weight excluding hydrogens is 457 g/mol. The molecule has 0 bridgehead atoms. The second-order valence-corrected chi connectivity index (χ2v) is 7.57. The van der Waals surface area contributed by atoms with Crippen LogP contribution in [-0.2, 0) is 4.79 Å². The van der Waals surface area contributed by atoms with Crippen molar-refractivity contribution in [3.63, 3.8) is 0 Å². The van der Waals surface area contributed by atoms with Gasteiger partial charge in [0.15, 0.2) is 0 Å². The highest BCUT2D eigenvalue weighted by Gasteiger charge is 2.26. The number of non-ortho nitro benzene ring substituents is 1. The van der Waals surface area contributed by atoms with Gasteiger partial charge in [0.2, 0.25) is 0 Å². The molecule has 156 valence electrons. The molecule has 0 radical (unpaired) electrons. The van der Waals surface area contributed by atoms with Gasteiger partial charge in [0.05, 0.1) is 9.41 Å². The first-order valence-corrected chi connectivity index (χ1v) is 10.2. The van der Waals surface area contributed by atoms with E-state index < -0.39 is 22.6 Å². The van der Waals surface area contributed by atoms with E-state index in [0.717, 1.165) is 19.3 Å². The number of benzene rings is 2. The minimum Gasteiger partial charge on any atom is -0.337 e. The Morgan fingerprint density at radius 1 is 1.03 bits per heavy atom. The molecule has 1 heterocycles. The van der Waals surface area contributed by atoms with E-state index in [1.807, 2.05) is 0 Å². The summed E-state index contributed by atoms with van der Waals surface area (Å²) >= 11 is 3.29. The molecule has 1 aliphatic heterocycles. The molecule has 1 fully saturated rings. The third-order valence-electron chi connectivity index (χ3n) is 4.77. The normalized spacial score (nSPS) is 14.7. The zero-order valence-corrected chi connectivity index (χ0v) is 17.5. The smallest absolute Gasteiger partial charge is 0.271 e. The number of halogens is 2. The van der Waals surface area contributed by atoms with Gasteiger partial charge in [-0.3, -0.25) is 19.7 Å². The molecule has 30 heavy (non-hydrogen) atoms. The van der Waals surface area contributed by atoms with Gasteiger partial charge < -0.3 is 10.2 Å². The third-order valence-corrected chi connectivity index (χ3v) is 5.59. The largest absolute Gasteiger partial charge is 0.337 e. The molecule has 1 aliphatic rings. The Labute approximate surface area is 180 Å². The average molecular weight is 476 g/mol. The van der Waals surface area contributed by atoms with Crippen LogP contribution in [0.5, 0.6) is 0 Å². The van der Waals surface area contributed by atoms with Crippen molar-refractivity contribution >= 4 is 37.9 Å². The number of rotatable bonds is 5. The van der Waals surface area contributed by atoms with Crippen molar-refractivity contribution in [3.05, 3.63) is 81.3 Å². The van der Waals surface area contributed by atoms with E-state index >= 15 is 0 Å². The van der Waals surface area contributed by atoms with Gasteiger partial charge >= 0.3 is 0 Å². The lowest BCUT2D eigenvalue weighted by Gasteiger charge is -2.28. The fraction of sp³-hybridized carbons (Fsp3) is 0.238. The Hall–Kier alpha value is -3.07. The second kappa shape index (κ2) is 9.62. The van der Waals surface area contributed by atoms with Crippen LogP contribution in [0.15, 0.2) is 54.2 Å². The van der Waals surface area contributed by atoms with Crippen molar-refractivity contribution in [1.29, 1.82) is 0 Å². The number of carbonyl (C=O) groups excluding carboxylic acids is 2. The average Bonchev–Trinajstić information content (AvgIpc) is 2.77. The van der Waals surface area contributed by atoms with E-state index in [2.05, 4.69) is 21.2 Å². The number of nitrogens with zero attached hydrogens (tertiary/aromatic N) is 2. The van der Waals surface area contributed by atoms with Crippen LogP contribution in [0.4, 0.5) is 10.1 Å². The van der Waals surface area contributed by atoms with Crippen LogP contribution in [0, 0.1) is 15.9 Å². The van der Waals surface area contributed by atoms with Gasteiger partial charge in [-0.2, -0.15) is 0 Å². The van der Waals surface area contributed by atoms with E-state index in [1.54, 1.807) is 11.0 Å². The van der Waals surface area contributed by atoms with Gasteiger partial charge in [0, 0.05) is 36.3 Å². The molecule has 2 aromatic carbocycles. The summed E-state index contributed by atoms with van der Waals surface area (Å²) in [6, 6.07) is 10.9. The quantitative estimate of drug-likeness (QED) is 0.397. The van der Waals surface area contributed by atoms with Crippen LogP contribution < -0.4 is 5.32 Å². The second-order valence-electron chi connectivity index (χ2n) is 6.78. The zero-order chi connectivity index (χ0) is 21.7. The Balaban J connectivity index is 1.95. The van der Waals surface area contributed by atoms with Gasteiger partial charge in [-0.25, -0.2) is 4.39 Å². The number of amides is 2. The first-order valence-electron chi connectivity index (χ1n) is 9.38. The number of nitrogens with one attached hydrogen (secondary N) is 1. The Morgan fingerprint density at radius 2 is 1.67 bits per heavy atom. The molecule has 0 aromatic heterocycles. The van der Waals surface area contributed by atoms with Crippen LogP contribution in [0.25, 0.3) is 4.48 Å². The van der Waals surface area contributed by atoms with Crippen LogP contribution in [-0.4, -0.2) is 34.7 Å². The Morgan fingerprint density at radius 3 is 2.27 bits per heavy atom. The van der Waals surface area contributed by atoms with Crippen LogP contribution in [0.3, 0.4) is 0 Å². The lowest BCUT2D eigenvalue weighted by molar-refractivity contribution is -0.384. The van der Waals surface area contributed by atoms with E-state index in [1.165, 1.54) is 42.5 Å². The molecule has 0 saturated carbocycles. The lowest BCUT2D eigenvalue weighted by atomic mass is 10.1. The fourth-order valence-corrected chi connectivity index (χ4v) is 3.74. The standard InChI is InChI=1S/C21H19BrFN3O4/c22-18(16-6-2-3-7-17(16)23)19(21(28)25-12-4-1-5-13-25)24-20(27)14-8-10-15(11-9-14)26(29)30/h2-3,6-11H,1,4-5,12-13H2,(H,24,27). The SMILES string of the molecule is O=C(NC(C(=O)N1CCCCC1)=C(Br)c1ccccc1F)c1ccc([N+](=O)[O-])cc1. The fourth-order valence-electron chi connectivity index (χ4n) is 3.15. The Bertz CT molecular complexity index is 1000. The van der Waals surface area contributed by atoms with Gasteiger partial charge in [0.25, 0.3) is 17.5 Å². The molecule has 2 aromatic rings. The van der Waals surface area contributed by atoms with Gasteiger partial charge in [-0.15, -0.1) is 0 Å². The lowest BCUT2D eigenvalue weighted by Crippen LogP contribution is -2.41. The van der Waals surface area contributed by atoms with Crippen molar-refractivity contribution in [2.24, 2.45) is 0 Å². The number of piperidine rings is 1. The van der Waals surface area contributed by atoms with Crippen molar-refractivity contribution in [2.75, 3.05) is 13.1 Å². The zero-order valence-electron chi connectivity index (χ0n) is 15.9. The number of carbonyl (C=O) groups is 2. The predicted molar refractivity (Wildman–Crippen MR) is 113 cm³/mol. The number of nitro benzene ring substituents is 1. The van der Waals surface area contributed by atoms with Crippen LogP contribution in [0.1, 0.15) is 35.2 Å². The molecule has 3 rings (SSSR count). The summed E-state index contributed by atoms with van der Waals surface area (Å²) < 4.78 is 14.5. The molecule has 7 nitrogen and oxygen atoms in total.